The van der Waals surface area contributed by atoms with Gasteiger partial charge in [0.25, 0.3) is 0 Å². The number of phenols is 1. The Balaban J connectivity index is 1.57. The second kappa shape index (κ2) is 8.62. The first kappa shape index (κ1) is 20.0. The monoisotopic (exact) mass is 428 g/mol. The number of nitrogens with zero attached hydrogens (tertiary/aromatic N) is 3. The van der Waals surface area contributed by atoms with Crippen LogP contribution in [0.4, 0.5) is 16.3 Å². The molecule has 8 nitrogen and oxygen atoms in total. The number of aromatic nitrogens is 2. The third kappa shape index (κ3) is 4.33. The number of piperidine rings is 1. The Bertz CT molecular complexity index is 1070. The molecule has 1 aromatic heterocycles. The number of halogens is 1. The maximum Gasteiger partial charge on any atom is 0.407 e. The van der Waals surface area contributed by atoms with Crippen LogP contribution in [0.2, 0.25) is 5.02 Å². The number of phenolic OH excluding ortho intramolecular Hbond substituents is 1. The standard InChI is InChI=1S/C21H21ClN4O4/c22-15-9-14(6-7-17(15)27)25-20-19-16(23-12-24-20)4-1-5-18(19)30-11-13-3-2-8-26(10-13)21(28)29/h1,4-7,9,12-13,27H,2-3,8,10-11H2,(H,28,29)(H,23,24,25)/t13-/m1/s1. The first-order valence-corrected chi connectivity index (χ1v) is 9.99. The van der Waals surface area contributed by atoms with Crippen LogP contribution < -0.4 is 10.1 Å². The molecule has 0 radical (unpaired) electrons. The van der Waals surface area contributed by atoms with Crippen molar-refractivity contribution in [1.29, 1.82) is 0 Å². The van der Waals surface area contributed by atoms with Gasteiger partial charge < -0.3 is 25.2 Å². The van der Waals surface area contributed by atoms with Gasteiger partial charge in [0.05, 0.1) is 22.5 Å². The molecule has 1 saturated heterocycles. The van der Waals surface area contributed by atoms with Gasteiger partial charge in [-0.3, -0.25) is 0 Å². The third-order valence-corrected chi connectivity index (χ3v) is 5.40. The zero-order valence-electron chi connectivity index (χ0n) is 16.1. The highest BCUT2D eigenvalue weighted by atomic mass is 35.5. The van der Waals surface area contributed by atoms with Crippen LogP contribution in [0, 0.1) is 5.92 Å². The van der Waals surface area contributed by atoms with E-state index in [-0.39, 0.29) is 16.7 Å². The van der Waals surface area contributed by atoms with E-state index in [1.807, 2.05) is 18.2 Å². The van der Waals surface area contributed by atoms with Crippen LogP contribution in [-0.2, 0) is 0 Å². The zero-order valence-corrected chi connectivity index (χ0v) is 16.8. The average molecular weight is 429 g/mol. The summed E-state index contributed by atoms with van der Waals surface area (Å²) in [4.78, 5) is 21.4. The van der Waals surface area contributed by atoms with E-state index < -0.39 is 6.09 Å². The predicted octanol–water partition coefficient (Wildman–Crippen LogP) is 4.50. The number of amides is 1. The Morgan fingerprint density at radius 1 is 1.30 bits per heavy atom. The summed E-state index contributed by atoms with van der Waals surface area (Å²) in [5.74, 6) is 1.30. The summed E-state index contributed by atoms with van der Waals surface area (Å²) in [6.45, 7) is 1.44. The van der Waals surface area contributed by atoms with Gasteiger partial charge in [-0.1, -0.05) is 17.7 Å². The number of fused-ring (bicyclic) bond motifs is 1. The van der Waals surface area contributed by atoms with Crippen molar-refractivity contribution >= 4 is 40.1 Å². The van der Waals surface area contributed by atoms with E-state index in [1.165, 1.54) is 17.3 Å². The molecule has 30 heavy (non-hydrogen) atoms. The van der Waals surface area contributed by atoms with Gasteiger partial charge in [-0.05, 0) is 43.2 Å². The molecule has 156 valence electrons. The van der Waals surface area contributed by atoms with Crippen molar-refractivity contribution in [3.63, 3.8) is 0 Å². The topological polar surface area (TPSA) is 108 Å². The molecule has 4 rings (SSSR count). The smallest absolute Gasteiger partial charge is 0.407 e. The molecule has 2 aromatic carbocycles. The van der Waals surface area contributed by atoms with Crippen LogP contribution in [0.5, 0.6) is 11.5 Å². The number of rotatable bonds is 5. The summed E-state index contributed by atoms with van der Waals surface area (Å²) < 4.78 is 6.10. The lowest BCUT2D eigenvalue weighted by Crippen LogP contribution is -2.40. The largest absolute Gasteiger partial charge is 0.506 e. The molecule has 1 fully saturated rings. The highest BCUT2D eigenvalue weighted by molar-refractivity contribution is 6.32. The third-order valence-electron chi connectivity index (χ3n) is 5.10. The second-order valence-corrected chi connectivity index (χ2v) is 7.62. The fraction of sp³-hybridized carbons (Fsp3) is 0.286. The first-order chi connectivity index (χ1) is 14.5. The first-order valence-electron chi connectivity index (χ1n) is 9.61. The molecule has 1 aliphatic heterocycles. The lowest BCUT2D eigenvalue weighted by Gasteiger charge is -2.30. The number of likely N-dealkylation sites (tertiary alicyclic amines) is 1. The van der Waals surface area contributed by atoms with Crippen molar-refractivity contribution in [3.8, 4) is 11.5 Å². The van der Waals surface area contributed by atoms with E-state index >= 15 is 0 Å². The summed E-state index contributed by atoms with van der Waals surface area (Å²) in [7, 11) is 0. The maximum atomic E-state index is 11.2. The number of hydrogen-bond donors (Lipinski definition) is 3. The number of carbonyl (C=O) groups is 1. The molecule has 0 aliphatic carbocycles. The van der Waals surface area contributed by atoms with Gasteiger partial charge in [-0.15, -0.1) is 0 Å². The van der Waals surface area contributed by atoms with E-state index in [9.17, 15) is 15.0 Å². The number of anilines is 2. The maximum absolute atomic E-state index is 11.2. The molecular weight excluding hydrogens is 408 g/mol. The fourth-order valence-electron chi connectivity index (χ4n) is 3.60. The van der Waals surface area contributed by atoms with Gasteiger partial charge in [0.15, 0.2) is 0 Å². The van der Waals surface area contributed by atoms with Crippen LogP contribution in [0.1, 0.15) is 12.8 Å². The SMILES string of the molecule is O=C(O)N1CCC[C@@H](COc2cccc3ncnc(Nc4ccc(O)c(Cl)c4)c23)C1. The molecule has 3 N–H and O–H groups in total. The van der Waals surface area contributed by atoms with Gasteiger partial charge >= 0.3 is 6.09 Å². The summed E-state index contributed by atoms with van der Waals surface area (Å²) in [5.41, 5.74) is 1.38. The summed E-state index contributed by atoms with van der Waals surface area (Å²) in [6.07, 6.45) is 2.31. The van der Waals surface area contributed by atoms with E-state index in [0.717, 1.165) is 18.2 Å². The Hall–Kier alpha value is -3.26. The highest BCUT2D eigenvalue weighted by Crippen LogP contribution is 2.34. The summed E-state index contributed by atoms with van der Waals surface area (Å²) in [5, 5.41) is 23.0. The van der Waals surface area contributed by atoms with Crippen LogP contribution in [0.25, 0.3) is 10.9 Å². The Morgan fingerprint density at radius 2 is 2.17 bits per heavy atom. The average Bonchev–Trinajstić information content (AvgIpc) is 2.75. The molecule has 1 aliphatic rings. The predicted molar refractivity (Wildman–Crippen MR) is 114 cm³/mol. The van der Waals surface area contributed by atoms with Gasteiger partial charge in [-0.25, -0.2) is 14.8 Å². The van der Waals surface area contributed by atoms with Crippen LogP contribution in [0.15, 0.2) is 42.7 Å². The van der Waals surface area contributed by atoms with Gasteiger partial charge in [-0.2, -0.15) is 0 Å². The highest BCUT2D eigenvalue weighted by Gasteiger charge is 2.24. The molecule has 1 atom stereocenters. The Labute approximate surface area is 178 Å². The van der Waals surface area contributed by atoms with Crippen molar-refractivity contribution in [2.45, 2.75) is 12.8 Å². The van der Waals surface area contributed by atoms with Crippen LogP contribution in [0.3, 0.4) is 0 Å². The number of benzene rings is 2. The Kier molecular flexibility index (Phi) is 5.76. The normalized spacial score (nSPS) is 16.4. The zero-order chi connectivity index (χ0) is 21.1. The van der Waals surface area contributed by atoms with Crippen molar-refractivity contribution in [1.82, 2.24) is 14.9 Å². The number of hydrogen-bond acceptors (Lipinski definition) is 6. The Morgan fingerprint density at radius 3 is 2.97 bits per heavy atom. The van der Waals surface area contributed by atoms with Crippen molar-refractivity contribution in [3.05, 3.63) is 47.7 Å². The molecule has 9 heteroatoms. The van der Waals surface area contributed by atoms with Crippen molar-refractivity contribution < 1.29 is 19.7 Å². The molecule has 0 unspecified atom stereocenters. The number of ether oxygens (including phenoxy) is 1. The van der Waals surface area contributed by atoms with Crippen molar-refractivity contribution in [2.75, 3.05) is 25.0 Å². The lowest BCUT2D eigenvalue weighted by molar-refractivity contribution is 0.105. The minimum absolute atomic E-state index is 0.00155. The van der Waals surface area contributed by atoms with Crippen LogP contribution >= 0.6 is 11.6 Å². The molecule has 0 spiro atoms. The van der Waals surface area contributed by atoms with Crippen molar-refractivity contribution in [2.24, 2.45) is 5.92 Å². The van der Waals surface area contributed by atoms with Crippen LogP contribution in [-0.4, -0.2) is 50.9 Å². The van der Waals surface area contributed by atoms with E-state index in [0.29, 0.717) is 42.5 Å². The fourth-order valence-corrected chi connectivity index (χ4v) is 3.78. The summed E-state index contributed by atoms with van der Waals surface area (Å²) in [6, 6.07) is 10.4. The minimum atomic E-state index is -0.891. The molecular formula is C21H21ClN4O4. The minimum Gasteiger partial charge on any atom is -0.506 e. The van der Waals surface area contributed by atoms with E-state index in [2.05, 4.69) is 15.3 Å². The molecule has 1 amide bonds. The van der Waals surface area contributed by atoms with Gasteiger partial charge in [0.1, 0.15) is 23.6 Å². The lowest BCUT2D eigenvalue weighted by atomic mass is 9.99. The van der Waals surface area contributed by atoms with Gasteiger partial charge in [0.2, 0.25) is 0 Å². The van der Waals surface area contributed by atoms with E-state index in [4.69, 9.17) is 16.3 Å². The molecule has 0 saturated carbocycles. The molecule has 3 aromatic rings. The number of carboxylic acid groups (broad SMARTS) is 1. The van der Waals surface area contributed by atoms with E-state index in [1.54, 1.807) is 12.1 Å². The number of aromatic hydroxyl groups is 1. The molecule has 2 heterocycles. The second-order valence-electron chi connectivity index (χ2n) is 7.21. The quantitative estimate of drug-likeness (QED) is 0.513. The molecule has 0 bridgehead atoms. The number of nitrogens with one attached hydrogen (secondary N) is 1. The van der Waals surface area contributed by atoms with Gasteiger partial charge in [0, 0.05) is 24.7 Å². The summed E-state index contributed by atoms with van der Waals surface area (Å²) >= 11 is 6.01.